The van der Waals surface area contributed by atoms with Crippen LogP contribution in [0, 0.1) is 0 Å². The van der Waals surface area contributed by atoms with E-state index in [9.17, 15) is 4.79 Å². The number of methoxy groups -OCH3 is 1. The van der Waals surface area contributed by atoms with Gasteiger partial charge in [-0.3, -0.25) is 0 Å². The molecule has 17 heavy (non-hydrogen) atoms. The van der Waals surface area contributed by atoms with Crippen molar-refractivity contribution in [3.05, 3.63) is 24.0 Å². The topological polar surface area (TPSA) is 87.7 Å². The molecular formula is C9H12N6O2. The molecule has 0 unspecified atom stereocenters. The van der Waals surface area contributed by atoms with E-state index >= 15 is 0 Å². The fourth-order valence-electron chi connectivity index (χ4n) is 1.39. The van der Waals surface area contributed by atoms with Gasteiger partial charge in [-0.2, -0.15) is 5.10 Å². The summed E-state index contributed by atoms with van der Waals surface area (Å²) in [7, 11) is 1.30. The maximum Gasteiger partial charge on any atom is 0.360 e. The van der Waals surface area contributed by atoms with Crippen molar-refractivity contribution in [1.29, 1.82) is 0 Å². The number of carbonyl (C=O) groups excluding carboxylic acids is 1. The number of hydrogen-bond donors (Lipinski definition) is 0. The van der Waals surface area contributed by atoms with Crippen LogP contribution in [0.3, 0.4) is 0 Å². The predicted octanol–water partition coefficient (Wildman–Crippen LogP) is -0.276. The van der Waals surface area contributed by atoms with Gasteiger partial charge in [0.1, 0.15) is 18.7 Å². The number of esters is 1. The standard InChI is InChI=1S/C9H12N6O2/c1-3-15-8(10-6-11-15)5-14-4-7(12-13-14)9(16)17-2/h4,6H,3,5H2,1-2H3. The summed E-state index contributed by atoms with van der Waals surface area (Å²) in [5, 5.41) is 11.6. The van der Waals surface area contributed by atoms with Crippen LogP contribution < -0.4 is 0 Å². The molecule has 0 spiro atoms. The van der Waals surface area contributed by atoms with Crippen LogP contribution in [-0.2, 0) is 17.8 Å². The van der Waals surface area contributed by atoms with E-state index in [-0.39, 0.29) is 5.69 Å². The van der Waals surface area contributed by atoms with Gasteiger partial charge in [-0.1, -0.05) is 5.21 Å². The Balaban J connectivity index is 2.14. The van der Waals surface area contributed by atoms with Crippen LogP contribution in [0.1, 0.15) is 23.2 Å². The van der Waals surface area contributed by atoms with Crippen molar-refractivity contribution in [2.45, 2.75) is 20.0 Å². The largest absolute Gasteiger partial charge is 0.464 e. The normalized spacial score (nSPS) is 10.5. The van der Waals surface area contributed by atoms with Gasteiger partial charge in [0, 0.05) is 6.54 Å². The van der Waals surface area contributed by atoms with Crippen molar-refractivity contribution in [2.24, 2.45) is 0 Å². The first-order valence-electron chi connectivity index (χ1n) is 5.09. The average molecular weight is 236 g/mol. The number of nitrogens with zero attached hydrogens (tertiary/aromatic N) is 6. The number of aryl methyl sites for hydroxylation is 1. The summed E-state index contributed by atoms with van der Waals surface area (Å²) >= 11 is 0. The van der Waals surface area contributed by atoms with E-state index in [4.69, 9.17) is 0 Å². The van der Waals surface area contributed by atoms with E-state index in [1.54, 1.807) is 4.68 Å². The summed E-state index contributed by atoms with van der Waals surface area (Å²) in [6.07, 6.45) is 3.00. The van der Waals surface area contributed by atoms with Crippen molar-refractivity contribution in [2.75, 3.05) is 7.11 Å². The third-order valence-corrected chi connectivity index (χ3v) is 2.23. The lowest BCUT2D eigenvalue weighted by molar-refractivity contribution is 0.0594. The highest BCUT2D eigenvalue weighted by Crippen LogP contribution is 2.00. The Kier molecular flexibility index (Phi) is 3.12. The van der Waals surface area contributed by atoms with Crippen LogP contribution in [0.25, 0.3) is 0 Å². The van der Waals surface area contributed by atoms with Crippen LogP contribution >= 0.6 is 0 Å². The zero-order valence-corrected chi connectivity index (χ0v) is 9.57. The molecule has 0 atom stereocenters. The van der Waals surface area contributed by atoms with Gasteiger partial charge in [-0.05, 0) is 6.92 Å². The first-order chi connectivity index (χ1) is 8.24. The lowest BCUT2D eigenvalue weighted by atomic mass is 10.5. The van der Waals surface area contributed by atoms with Crippen molar-refractivity contribution in [3.8, 4) is 0 Å². The molecule has 0 aliphatic rings. The molecule has 0 N–H and O–H groups in total. The first-order valence-corrected chi connectivity index (χ1v) is 5.09. The van der Waals surface area contributed by atoms with Crippen molar-refractivity contribution < 1.29 is 9.53 Å². The van der Waals surface area contributed by atoms with Crippen LogP contribution in [0.5, 0.6) is 0 Å². The van der Waals surface area contributed by atoms with E-state index in [0.717, 1.165) is 12.4 Å². The van der Waals surface area contributed by atoms with Crippen LogP contribution in [0.4, 0.5) is 0 Å². The molecule has 8 heteroatoms. The minimum Gasteiger partial charge on any atom is -0.464 e. The van der Waals surface area contributed by atoms with Gasteiger partial charge < -0.3 is 4.74 Å². The second-order valence-electron chi connectivity index (χ2n) is 3.28. The summed E-state index contributed by atoms with van der Waals surface area (Å²) in [5.74, 6) is 0.252. The van der Waals surface area contributed by atoms with Gasteiger partial charge in [0.25, 0.3) is 0 Å². The third kappa shape index (κ3) is 2.30. The maximum atomic E-state index is 11.2. The molecule has 90 valence electrons. The molecule has 0 saturated carbocycles. The quantitative estimate of drug-likeness (QED) is 0.679. The molecule has 2 heterocycles. The average Bonchev–Trinajstić information content (AvgIpc) is 2.97. The molecule has 0 aromatic carbocycles. The van der Waals surface area contributed by atoms with Gasteiger partial charge in [0.05, 0.1) is 13.3 Å². The Hall–Kier alpha value is -2.25. The number of hydrogen-bond acceptors (Lipinski definition) is 6. The molecule has 0 aliphatic heterocycles. The second-order valence-corrected chi connectivity index (χ2v) is 3.28. The van der Waals surface area contributed by atoms with Gasteiger partial charge in [-0.15, -0.1) is 5.10 Å². The fraction of sp³-hybridized carbons (Fsp3) is 0.444. The molecule has 2 aromatic heterocycles. The summed E-state index contributed by atoms with van der Waals surface area (Å²) in [5.41, 5.74) is 0.176. The van der Waals surface area contributed by atoms with Gasteiger partial charge >= 0.3 is 5.97 Å². The lowest BCUT2D eigenvalue weighted by Crippen LogP contribution is -2.09. The highest BCUT2D eigenvalue weighted by atomic mass is 16.5. The molecule has 0 amide bonds. The van der Waals surface area contributed by atoms with Gasteiger partial charge in [0.15, 0.2) is 5.69 Å². The predicted molar refractivity (Wildman–Crippen MR) is 56.2 cm³/mol. The molecule has 0 saturated heterocycles. The Morgan fingerprint density at radius 1 is 1.53 bits per heavy atom. The zero-order valence-electron chi connectivity index (χ0n) is 9.57. The van der Waals surface area contributed by atoms with Crippen molar-refractivity contribution >= 4 is 5.97 Å². The molecule has 2 aromatic rings. The highest BCUT2D eigenvalue weighted by Gasteiger charge is 2.12. The number of carbonyl (C=O) groups is 1. The lowest BCUT2D eigenvalue weighted by Gasteiger charge is -2.01. The fourth-order valence-corrected chi connectivity index (χ4v) is 1.39. The monoisotopic (exact) mass is 236 g/mol. The Morgan fingerprint density at radius 2 is 2.35 bits per heavy atom. The van der Waals surface area contributed by atoms with E-state index in [1.807, 2.05) is 6.92 Å². The maximum absolute atomic E-state index is 11.2. The molecule has 0 aliphatic carbocycles. The van der Waals surface area contributed by atoms with E-state index < -0.39 is 5.97 Å². The van der Waals surface area contributed by atoms with Crippen molar-refractivity contribution in [1.82, 2.24) is 29.8 Å². The first kappa shape index (κ1) is 11.2. The highest BCUT2D eigenvalue weighted by molar-refractivity contribution is 5.86. The Labute approximate surface area is 97.2 Å². The summed E-state index contributed by atoms with van der Waals surface area (Å²) < 4.78 is 7.81. The van der Waals surface area contributed by atoms with Crippen LogP contribution in [0.15, 0.2) is 12.5 Å². The number of rotatable bonds is 4. The molecular weight excluding hydrogens is 224 g/mol. The summed E-state index contributed by atoms with van der Waals surface area (Å²) in [6, 6.07) is 0. The molecule has 0 bridgehead atoms. The zero-order chi connectivity index (χ0) is 12.3. The number of ether oxygens (including phenoxy) is 1. The molecule has 0 fully saturated rings. The Morgan fingerprint density at radius 3 is 3.06 bits per heavy atom. The van der Waals surface area contributed by atoms with Crippen LogP contribution in [0.2, 0.25) is 0 Å². The molecule has 2 rings (SSSR count). The van der Waals surface area contributed by atoms with Gasteiger partial charge in [0.2, 0.25) is 0 Å². The van der Waals surface area contributed by atoms with E-state index in [0.29, 0.717) is 6.54 Å². The third-order valence-electron chi connectivity index (χ3n) is 2.23. The van der Waals surface area contributed by atoms with Crippen LogP contribution in [-0.4, -0.2) is 42.8 Å². The Bertz CT molecular complexity index is 517. The smallest absolute Gasteiger partial charge is 0.360 e. The van der Waals surface area contributed by atoms with Gasteiger partial charge in [-0.25, -0.2) is 19.1 Å². The summed E-state index contributed by atoms with van der Waals surface area (Å²) in [6.45, 7) is 3.12. The molecule has 0 radical (unpaired) electrons. The van der Waals surface area contributed by atoms with E-state index in [2.05, 4.69) is 25.1 Å². The number of aromatic nitrogens is 6. The SMILES string of the molecule is CCn1ncnc1Cn1cc(C(=O)OC)nn1. The van der Waals surface area contributed by atoms with Crippen molar-refractivity contribution in [3.63, 3.8) is 0 Å². The minimum absolute atomic E-state index is 0.176. The second kappa shape index (κ2) is 4.73. The summed E-state index contributed by atoms with van der Waals surface area (Å²) in [4.78, 5) is 15.3. The minimum atomic E-state index is -0.506. The van der Waals surface area contributed by atoms with E-state index in [1.165, 1.54) is 24.3 Å². The molecule has 8 nitrogen and oxygen atoms in total.